The second kappa shape index (κ2) is 12.7. The van der Waals surface area contributed by atoms with Gasteiger partial charge in [0.2, 0.25) is 5.91 Å². The molecule has 212 valence electrons. The van der Waals surface area contributed by atoms with Gasteiger partial charge >= 0.3 is 0 Å². The third-order valence-electron chi connectivity index (χ3n) is 6.66. The summed E-state index contributed by atoms with van der Waals surface area (Å²) < 4.78 is 6.89. The molecular formula is C33H30N4O4S. The van der Waals surface area contributed by atoms with Crippen LogP contribution in [0.15, 0.2) is 107 Å². The highest BCUT2D eigenvalue weighted by atomic mass is 32.2. The van der Waals surface area contributed by atoms with E-state index in [4.69, 9.17) is 9.72 Å². The molecule has 5 aromatic rings. The van der Waals surface area contributed by atoms with E-state index >= 15 is 0 Å². The van der Waals surface area contributed by atoms with Gasteiger partial charge in [-0.15, -0.1) is 0 Å². The molecule has 2 amide bonds. The Hall–Kier alpha value is -4.89. The summed E-state index contributed by atoms with van der Waals surface area (Å²) in [6.07, 6.45) is 0. The SMILES string of the molecule is COc1ccccc1NC(=O)c1ccc(NC(=O)CSc2nc3ccccc3c(=O)n2-c2ccccc2C(C)C)cc1. The van der Waals surface area contributed by atoms with Gasteiger partial charge < -0.3 is 15.4 Å². The first kappa shape index (κ1) is 28.6. The number of para-hydroxylation sites is 4. The lowest BCUT2D eigenvalue weighted by molar-refractivity contribution is -0.113. The number of nitrogens with zero attached hydrogens (tertiary/aromatic N) is 2. The number of anilines is 2. The molecule has 8 nitrogen and oxygen atoms in total. The van der Waals surface area contributed by atoms with Crippen molar-refractivity contribution in [2.75, 3.05) is 23.5 Å². The van der Waals surface area contributed by atoms with E-state index in [1.54, 1.807) is 60.2 Å². The number of rotatable bonds is 9. The van der Waals surface area contributed by atoms with Crippen LogP contribution in [0.4, 0.5) is 11.4 Å². The van der Waals surface area contributed by atoms with Gasteiger partial charge in [0.15, 0.2) is 5.16 Å². The number of benzene rings is 4. The Balaban J connectivity index is 1.32. The molecule has 0 saturated carbocycles. The van der Waals surface area contributed by atoms with Gasteiger partial charge in [0.25, 0.3) is 11.5 Å². The standard InChI is InChI=1S/C33H30N4O4S/c1-21(2)24-10-5-8-14-28(24)37-32(40)25-11-4-6-12-26(25)36-33(37)42-20-30(38)34-23-18-16-22(17-19-23)31(39)35-27-13-7-9-15-29(27)41-3/h4-19,21H,20H2,1-3H3,(H,34,38)(H,35,39). The number of hydrogen-bond acceptors (Lipinski definition) is 6. The Kier molecular flexibility index (Phi) is 8.68. The summed E-state index contributed by atoms with van der Waals surface area (Å²) in [5, 5.41) is 6.64. The Morgan fingerprint density at radius 3 is 2.33 bits per heavy atom. The second-order valence-electron chi connectivity index (χ2n) is 9.83. The summed E-state index contributed by atoms with van der Waals surface area (Å²) in [5.74, 6) is 0.212. The molecule has 0 fully saturated rings. The van der Waals surface area contributed by atoms with Crippen LogP contribution in [0.1, 0.15) is 35.7 Å². The lowest BCUT2D eigenvalue weighted by Gasteiger charge is -2.18. The van der Waals surface area contributed by atoms with Crippen molar-refractivity contribution < 1.29 is 14.3 Å². The lowest BCUT2D eigenvalue weighted by Crippen LogP contribution is -2.24. The predicted molar refractivity (Wildman–Crippen MR) is 168 cm³/mol. The van der Waals surface area contributed by atoms with Crippen molar-refractivity contribution in [1.82, 2.24) is 9.55 Å². The molecule has 0 atom stereocenters. The molecule has 0 saturated heterocycles. The third kappa shape index (κ3) is 6.21. The topological polar surface area (TPSA) is 102 Å². The number of hydrogen-bond donors (Lipinski definition) is 2. The van der Waals surface area contributed by atoms with E-state index in [2.05, 4.69) is 24.5 Å². The molecule has 1 aromatic heterocycles. The van der Waals surface area contributed by atoms with Gasteiger partial charge in [0, 0.05) is 11.3 Å². The van der Waals surface area contributed by atoms with Crippen molar-refractivity contribution in [3.63, 3.8) is 0 Å². The van der Waals surface area contributed by atoms with E-state index in [0.717, 1.165) is 11.3 Å². The zero-order valence-electron chi connectivity index (χ0n) is 23.5. The highest BCUT2D eigenvalue weighted by Crippen LogP contribution is 2.28. The van der Waals surface area contributed by atoms with Crippen LogP contribution in [0.5, 0.6) is 5.75 Å². The average Bonchev–Trinajstić information content (AvgIpc) is 3.00. The Labute approximate surface area is 247 Å². The maximum Gasteiger partial charge on any atom is 0.266 e. The molecule has 9 heteroatoms. The minimum absolute atomic E-state index is 0.0324. The fraction of sp³-hybridized carbons (Fsp3) is 0.152. The van der Waals surface area contributed by atoms with Crippen LogP contribution in [0.2, 0.25) is 0 Å². The van der Waals surface area contributed by atoms with Crippen LogP contribution in [0.3, 0.4) is 0 Å². The van der Waals surface area contributed by atoms with Crippen molar-refractivity contribution in [2.45, 2.75) is 24.9 Å². The van der Waals surface area contributed by atoms with Crippen molar-refractivity contribution in [3.8, 4) is 11.4 Å². The third-order valence-corrected chi connectivity index (χ3v) is 7.60. The molecule has 0 radical (unpaired) electrons. The minimum Gasteiger partial charge on any atom is -0.495 e. The summed E-state index contributed by atoms with van der Waals surface area (Å²) in [7, 11) is 1.54. The van der Waals surface area contributed by atoms with E-state index < -0.39 is 0 Å². The summed E-state index contributed by atoms with van der Waals surface area (Å²) in [4.78, 5) is 44.1. The molecule has 5 rings (SSSR count). The number of fused-ring (bicyclic) bond motifs is 1. The van der Waals surface area contributed by atoms with Crippen LogP contribution in [-0.4, -0.2) is 34.2 Å². The van der Waals surface area contributed by atoms with Gasteiger partial charge in [-0.2, -0.15) is 0 Å². The van der Waals surface area contributed by atoms with Crippen LogP contribution in [0, 0.1) is 0 Å². The van der Waals surface area contributed by atoms with Gasteiger partial charge in [0.1, 0.15) is 5.75 Å². The van der Waals surface area contributed by atoms with Gasteiger partial charge in [0.05, 0.1) is 35.1 Å². The van der Waals surface area contributed by atoms with Crippen LogP contribution >= 0.6 is 11.8 Å². The van der Waals surface area contributed by atoms with E-state index in [-0.39, 0.29) is 29.0 Å². The molecule has 0 bridgehead atoms. The van der Waals surface area contributed by atoms with Crippen molar-refractivity contribution in [2.24, 2.45) is 0 Å². The molecule has 0 unspecified atom stereocenters. The number of aromatic nitrogens is 2. The number of nitrogens with one attached hydrogen (secondary N) is 2. The van der Waals surface area contributed by atoms with Crippen LogP contribution < -0.4 is 20.9 Å². The van der Waals surface area contributed by atoms with Crippen molar-refractivity contribution in [3.05, 3.63) is 119 Å². The lowest BCUT2D eigenvalue weighted by atomic mass is 10.0. The molecule has 0 spiro atoms. The maximum absolute atomic E-state index is 13.7. The first-order chi connectivity index (χ1) is 20.4. The predicted octanol–water partition coefficient (Wildman–Crippen LogP) is 6.50. The number of carbonyl (C=O) groups excluding carboxylic acids is 2. The monoisotopic (exact) mass is 578 g/mol. The smallest absolute Gasteiger partial charge is 0.266 e. The first-order valence-corrected chi connectivity index (χ1v) is 14.4. The van der Waals surface area contributed by atoms with Gasteiger partial charge in [-0.25, -0.2) is 4.98 Å². The second-order valence-corrected chi connectivity index (χ2v) is 10.8. The van der Waals surface area contributed by atoms with Crippen molar-refractivity contribution in [1.29, 1.82) is 0 Å². The van der Waals surface area contributed by atoms with Gasteiger partial charge in [-0.3, -0.25) is 19.0 Å². The summed E-state index contributed by atoms with van der Waals surface area (Å²) in [6, 6.07) is 28.7. The maximum atomic E-state index is 13.7. The molecule has 42 heavy (non-hydrogen) atoms. The van der Waals surface area contributed by atoms with E-state index in [9.17, 15) is 14.4 Å². The molecule has 0 aliphatic rings. The fourth-order valence-corrected chi connectivity index (χ4v) is 5.38. The largest absolute Gasteiger partial charge is 0.495 e. The Morgan fingerprint density at radius 2 is 1.57 bits per heavy atom. The normalized spacial score (nSPS) is 11.0. The van der Waals surface area contributed by atoms with Crippen LogP contribution in [-0.2, 0) is 4.79 Å². The number of methoxy groups -OCH3 is 1. The average molecular weight is 579 g/mol. The minimum atomic E-state index is -0.296. The Bertz CT molecular complexity index is 1820. The zero-order valence-corrected chi connectivity index (χ0v) is 24.3. The van der Waals surface area contributed by atoms with Gasteiger partial charge in [-0.05, 0) is 66.1 Å². The van der Waals surface area contributed by atoms with E-state index in [0.29, 0.717) is 38.7 Å². The zero-order chi connectivity index (χ0) is 29.6. The number of carbonyl (C=O) groups is 2. The quantitative estimate of drug-likeness (QED) is 0.153. The number of thioether (sulfide) groups is 1. The molecule has 1 heterocycles. The highest BCUT2D eigenvalue weighted by molar-refractivity contribution is 7.99. The fourth-order valence-electron chi connectivity index (χ4n) is 4.58. The molecule has 0 aliphatic heterocycles. The summed E-state index contributed by atoms with van der Waals surface area (Å²) >= 11 is 1.20. The van der Waals surface area contributed by atoms with Gasteiger partial charge in [-0.1, -0.05) is 68.1 Å². The van der Waals surface area contributed by atoms with E-state index in [1.165, 1.54) is 11.8 Å². The molecule has 0 aliphatic carbocycles. The first-order valence-electron chi connectivity index (χ1n) is 13.4. The van der Waals surface area contributed by atoms with Crippen LogP contribution in [0.25, 0.3) is 16.6 Å². The van der Waals surface area contributed by atoms with E-state index in [1.807, 2.05) is 48.5 Å². The van der Waals surface area contributed by atoms with Crippen molar-refractivity contribution >= 4 is 45.9 Å². The molecule has 4 aromatic carbocycles. The summed E-state index contributed by atoms with van der Waals surface area (Å²) in [5.41, 5.74) is 3.70. The number of ether oxygens (including phenoxy) is 1. The molecule has 2 N–H and O–H groups in total. The number of amides is 2. The summed E-state index contributed by atoms with van der Waals surface area (Å²) in [6.45, 7) is 4.15. The Morgan fingerprint density at radius 1 is 0.881 bits per heavy atom. The highest BCUT2D eigenvalue weighted by Gasteiger charge is 2.18. The molecular weight excluding hydrogens is 548 g/mol.